The van der Waals surface area contributed by atoms with Crippen molar-refractivity contribution < 1.29 is 24.3 Å². The number of carboxylic acids is 1. The first-order valence-electron chi connectivity index (χ1n) is 5.74. The summed E-state index contributed by atoms with van der Waals surface area (Å²) in [7, 11) is 17.0. The SMILES string of the molecule is CC(C)(C)C(=O)[O-].C[N+](C)(C)C.C[N+](C)(C)C.[OH-]. The van der Waals surface area contributed by atoms with Gasteiger partial charge < -0.3 is 24.3 Å². The van der Waals surface area contributed by atoms with Crippen molar-refractivity contribution in [2.24, 2.45) is 5.41 Å². The fourth-order valence-corrected chi connectivity index (χ4v) is 0. The standard InChI is InChI=1S/C5H10O2.2C4H12N.H2O/c1-5(2,3)4(6)7;2*1-5(2,3)4;/h1-3H3,(H,6,7);2*1-4H3;1H2/q;2*+1;/p-2. The largest absolute Gasteiger partial charge is 0.870 e. The molecule has 0 bridgehead atoms. The molecule has 0 amide bonds. The summed E-state index contributed by atoms with van der Waals surface area (Å²) in [5.41, 5.74) is -0.694. The van der Waals surface area contributed by atoms with Crippen LogP contribution in [0.25, 0.3) is 0 Å². The quantitative estimate of drug-likeness (QED) is 0.590. The number of hydrogen-bond donors (Lipinski definition) is 0. The van der Waals surface area contributed by atoms with Crippen molar-refractivity contribution in [2.75, 3.05) is 56.4 Å². The lowest BCUT2D eigenvalue weighted by atomic mass is 9.98. The van der Waals surface area contributed by atoms with Gasteiger partial charge in [-0.15, -0.1) is 0 Å². The molecule has 0 aromatic heterocycles. The number of rotatable bonds is 0. The molecule has 114 valence electrons. The van der Waals surface area contributed by atoms with Gasteiger partial charge in [-0.1, -0.05) is 20.8 Å². The van der Waals surface area contributed by atoms with E-state index < -0.39 is 11.4 Å². The third-order valence-corrected chi connectivity index (χ3v) is 0.612. The normalized spacial score (nSPS) is 11.1. The Kier molecular flexibility index (Phi) is 13.4. The Morgan fingerprint density at radius 3 is 0.833 bits per heavy atom. The van der Waals surface area contributed by atoms with Crippen molar-refractivity contribution in [1.29, 1.82) is 0 Å². The van der Waals surface area contributed by atoms with Crippen LogP contribution < -0.4 is 5.11 Å². The number of hydrogen-bond acceptors (Lipinski definition) is 3. The van der Waals surface area contributed by atoms with Crippen LogP contribution in [0, 0.1) is 5.41 Å². The highest BCUT2D eigenvalue weighted by molar-refractivity contribution is 5.70. The molecule has 0 aliphatic heterocycles. The van der Waals surface area contributed by atoms with Gasteiger partial charge in [-0.2, -0.15) is 0 Å². The highest BCUT2D eigenvalue weighted by Gasteiger charge is 2.09. The Balaban J connectivity index is -0.0000000813. The van der Waals surface area contributed by atoms with Crippen molar-refractivity contribution in [2.45, 2.75) is 20.8 Å². The summed E-state index contributed by atoms with van der Waals surface area (Å²) in [6, 6.07) is 0. The lowest BCUT2D eigenvalue weighted by Gasteiger charge is -2.18. The summed E-state index contributed by atoms with van der Waals surface area (Å²) in [5.74, 6) is -1.01. The predicted molar refractivity (Wildman–Crippen MR) is 74.3 cm³/mol. The van der Waals surface area contributed by atoms with E-state index >= 15 is 0 Å². The molecule has 1 N–H and O–H groups in total. The van der Waals surface area contributed by atoms with Crippen molar-refractivity contribution >= 4 is 5.97 Å². The van der Waals surface area contributed by atoms with Crippen molar-refractivity contribution in [3.8, 4) is 0 Å². The number of nitrogens with zero attached hydrogens (tertiary/aromatic N) is 2. The molecule has 0 heterocycles. The summed E-state index contributed by atoms with van der Waals surface area (Å²) in [4.78, 5) is 9.91. The predicted octanol–water partition coefficient (Wildman–Crippen LogP) is 0.250. The molecule has 0 atom stereocenters. The molecule has 0 aromatic rings. The van der Waals surface area contributed by atoms with Crippen LogP contribution in [-0.2, 0) is 4.79 Å². The van der Waals surface area contributed by atoms with Gasteiger partial charge in [0.2, 0.25) is 0 Å². The molecule has 0 saturated carbocycles. The molecule has 0 unspecified atom stereocenters. The molecular formula is C13H34N2O3. The smallest absolute Gasteiger partial charge is 0.0675 e. The monoisotopic (exact) mass is 266 g/mol. The molecule has 0 saturated heterocycles. The topological polar surface area (TPSA) is 70.1 Å². The first-order chi connectivity index (χ1) is 6.94. The fraction of sp³-hybridized carbons (Fsp3) is 0.923. The van der Waals surface area contributed by atoms with E-state index in [-0.39, 0.29) is 5.48 Å². The van der Waals surface area contributed by atoms with Crippen LogP contribution in [0.3, 0.4) is 0 Å². The number of carboxylic acid groups (broad SMARTS) is 1. The Morgan fingerprint density at radius 1 is 0.778 bits per heavy atom. The minimum atomic E-state index is -1.01. The molecule has 0 aliphatic carbocycles. The lowest BCUT2D eigenvalue weighted by molar-refractivity contribution is -0.849. The molecule has 0 spiro atoms. The maximum absolute atomic E-state index is 9.91. The number of carbonyl (C=O) groups is 1. The van der Waals surface area contributed by atoms with E-state index in [4.69, 9.17) is 0 Å². The fourth-order valence-electron chi connectivity index (χ4n) is 0. The summed E-state index contributed by atoms with van der Waals surface area (Å²) in [6.07, 6.45) is 0. The van der Waals surface area contributed by atoms with Gasteiger partial charge in [0, 0.05) is 11.4 Å². The van der Waals surface area contributed by atoms with Crippen molar-refractivity contribution in [3.05, 3.63) is 0 Å². The van der Waals surface area contributed by atoms with Gasteiger partial charge in [0.05, 0.1) is 56.4 Å². The summed E-state index contributed by atoms with van der Waals surface area (Å²) in [6.45, 7) is 4.80. The molecule has 18 heavy (non-hydrogen) atoms. The van der Waals surface area contributed by atoms with Gasteiger partial charge in [0.1, 0.15) is 0 Å². The van der Waals surface area contributed by atoms with Crippen LogP contribution in [0.5, 0.6) is 0 Å². The van der Waals surface area contributed by atoms with E-state index in [1.165, 1.54) is 0 Å². The second-order valence-electron chi connectivity index (χ2n) is 7.90. The molecule has 0 radical (unpaired) electrons. The Morgan fingerprint density at radius 2 is 0.833 bits per heavy atom. The molecule has 0 aromatic carbocycles. The Hall–Kier alpha value is -0.650. The summed E-state index contributed by atoms with van der Waals surface area (Å²) < 4.78 is 2.00. The third-order valence-electron chi connectivity index (χ3n) is 0.612. The van der Waals surface area contributed by atoms with Crippen LogP contribution in [0.15, 0.2) is 0 Å². The van der Waals surface area contributed by atoms with Crippen LogP contribution >= 0.6 is 0 Å². The molecule has 5 nitrogen and oxygen atoms in total. The van der Waals surface area contributed by atoms with Crippen LogP contribution in [-0.4, -0.2) is 76.8 Å². The maximum atomic E-state index is 9.91. The number of aliphatic carboxylic acids is 1. The number of carbonyl (C=O) groups excluding carboxylic acids is 1. The van der Waals surface area contributed by atoms with Crippen molar-refractivity contribution in [3.63, 3.8) is 0 Å². The van der Waals surface area contributed by atoms with E-state index in [1.807, 2.05) is 0 Å². The molecule has 0 aliphatic rings. The average Bonchev–Trinajstić information content (AvgIpc) is 1.74. The van der Waals surface area contributed by atoms with E-state index in [2.05, 4.69) is 56.4 Å². The van der Waals surface area contributed by atoms with Crippen molar-refractivity contribution in [1.82, 2.24) is 0 Å². The van der Waals surface area contributed by atoms with Gasteiger partial charge in [-0.05, 0) is 0 Å². The maximum Gasteiger partial charge on any atom is 0.0675 e. The van der Waals surface area contributed by atoms with Gasteiger partial charge in [0.25, 0.3) is 0 Å². The third kappa shape index (κ3) is 110. The van der Waals surface area contributed by atoms with Gasteiger partial charge >= 0.3 is 0 Å². The molecule has 5 heteroatoms. The first kappa shape index (κ1) is 26.0. The Labute approximate surface area is 114 Å². The molecule has 0 rings (SSSR count). The van der Waals surface area contributed by atoms with E-state index in [0.29, 0.717) is 0 Å². The average molecular weight is 266 g/mol. The highest BCUT2D eigenvalue weighted by Crippen LogP contribution is 2.09. The second-order valence-corrected chi connectivity index (χ2v) is 7.90. The minimum Gasteiger partial charge on any atom is -0.870 e. The number of quaternary nitrogens is 2. The molecule has 0 fully saturated rings. The highest BCUT2D eigenvalue weighted by atomic mass is 16.4. The van der Waals surface area contributed by atoms with Gasteiger partial charge in [-0.25, -0.2) is 0 Å². The minimum absolute atomic E-state index is 0. The van der Waals surface area contributed by atoms with Crippen LogP contribution in [0.4, 0.5) is 0 Å². The van der Waals surface area contributed by atoms with E-state index in [1.54, 1.807) is 20.8 Å². The lowest BCUT2D eigenvalue weighted by Crippen LogP contribution is -2.35. The zero-order chi connectivity index (χ0) is 15.1. The zero-order valence-electron chi connectivity index (χ0n) is 14.2. The van der Waals surface area contributed by atoms with Gasteiger partial charge in [-0.3, -0.25) is 0 Å². The second kappa shape index (κ2) is 9.30. The van der Waals surface area contributed by atoms with E-state index in [9.17, 15) is 9.90 Å². The van der Waals surface area contributed by atoms with Crippen LogP contribution in [0.2, 0.25) is 0 Å². The Bertz CT molecular complexity index is 184. The van der Waals surface area contributed by atoms with Gasteiger partial charge in [0.15, 0.2) is 0 Å². The summed E-state index contributed by atoms with van der Waals surface area (Å²) >= 11 is 0. The van der Waals surface area contributed by atoms with Crippen LogP contribution in [0.1, 0.15) is 20.8 Å². The summed E-state index contributed by atoms with van der Waals surface area (Å²) in [5, 5.41) is 9.91. The molecular weight excluding hydrogens is 232 g/mol. The first-order valence-corrected chi connectivity index (χ1v) is 5.74. The zero-order valence-corrected chi connectivity index (χ0v) is 14.2. The van der Waals surface area contributed by atoms with E-state index in [0.717, 1.165) is 8.97 Å².